The van der Waals surface area contributed by atoms with Crippen LogP contribution >= 0.6 is 0 Å². The van der Waals surface area contributed by atoms with Crippen molar-refractivity contribution >= 4 is 0 Å². The number of halogens is 2. The highest BCUT2D eigenvalue weighted by atomic mass is 19.1. The second-order valence-electron chi connectivity index (χ2n) is 6.11. The fraction of sp³-hybridized carbons (Fsp3) is 0.333. The van der Waals surface area contributed by atoms with E-state index in [0.717, 1.165) is 50.4 Å². The van der Waals surface area contributed by atoms with Gasteiger partial charge in [-0.15, -0.1) is 0 Å². The smallest absolute Gasteiger partial charge is 0.127 e. The predicted octanol–water partition coefficient (Wildman–Crippen LogP) is 0.448. The van der Waals surface area contributed by atoms with E-state index in [-0.39, 0.29) is 11.6 Å². The first-order valence-electron chi connectivity index (χ1n) is 7.85. The van der Waals surface area contributed by atoms with Gasteiger partial charge in [0, 0.05) is 11.1 Å². The summed E-state index contributed by atoms with van der Waals surface area (Å²) >= 11 is 0. The molecule has 0 aliphatic carbocycles. The van der Waals surface area contributed by atoms with Crippen molar-refractivity contribution in [3.63, 3.8) is 0 Å². The number of nitrogens with one attached hydrogen (secondary N) is 2. The fourth-order valence-electron chi connectivity index (χ4n) is 3.18. The van der Waals surface area contributed by atoms with E-state index in [2.05, 4.69) is 0 Å². The molecule has 2 aromatic rings. The number of hydrogen-bond acceptors (Lipinski definition) is 0. The first-order valence-corrected chi connectivity index (χ1v) is 7.85. The summed E-state index contributed by atoms with van der Waals surface area (Å²) in [4.78, 5) is 2.99. The summed E-state index contributed by atoms with van der Waals surface area (Å²) in [6.45, 7) is 6.04. The summed E-state index contributed by atoms with van der Waals surface area (Å²) in [5, 5.41) is 0. The number of piperazine rings is 1. The van der Waals surface area contributed by atoms with Gasteiger partial charge in [0.1, 0.15) is 50.9 Å². The molecule has 0 spiro atoms. The summed E-state index contributed by atoms with van der Waals surface area (Å²) in [6.07, 6.45) is 0. The zero-order chi connectivity index (χ0) is 15.4. The highest BCUT2D eigenvalue weighted by Crippen LogP contribution is 2.02. The number of benzene rings is 2. The maximum Gasteiger partial charge on any atom is 0.127 e. The second kappa shape index (κ2) is 6.99. The van der Waals surface area contributed by atoms with Crippen molar-refractivity contribution < 1.29 is 18.6 Å². The molecule has 0 saturated carbocycles. The standard InChI is InChI=1S/C18H20F2N2/c19-17-5-1-3-15(11-17)13-21-7-9-22(10-8-21)14-16-4-2-6-18(20)12-16/h1-6,11-12H,7-10,13-14H2/p+2. The topological polar surface area (TPSA) is 8.88 Å². The third-order valence-electron chi connectivity index (χ3n) is 4.35. The van der Waals surface area contributed by atoms with Crippen molar-refractivity contribution in [2.45, 2.75) is 13.1 Å². The Morgan fingerprint density at radius 3 is 1.45 bits per heavy atom. The van der Waals surface area contributed by atoms with Crippen molar-refractivity contribution in [2.75, 3.05) is 26.2 Å². The van der Waals surface area contributed by atoms with Crippen LogP contribution in [0.4, 0.5) is 8.78 Å². The van der Waals surface area contributed by atoms with Gasteiger partial charge in [-0.3, -0.25) is 0 Å². The Morgan fingerprint density at radius 2 is 1.09 bits per heavy atom. The van der Waals surface area contributed by atoms with Gasteiger partial charge >= 0.3 is 0 Å². The molecular formula is C18H22F2N2+2. The molecule has 2 nitrogen and oxygen atoms in total. The van der Waals surface area contributed by atoms with Gasteiger partial charge in [-0.25, -0.2) is 8.78 Å². The summed E-state index contributed by atoms with van der Waals surface area (Å²) in [5.74, 6) is -0.320. The third-order valence-corrected chi connectivity index (χ3v) is 4.35. The first kappa shape index (κ1) is 15.1. The van der Waals surface area contributed by atoms with Crippen molar-refractivity contribution in [3.05, 3.63) is 71.3 Å². The molecule has 0 radical (unpaired) electrons. The zero-order valence-corrected chi connectivity index (χ0v) is 12.6. The molecule has 0 amide bonds. The molecule has 1 saturated heterocycles. The van der Waals surface area contributed by atoms with E-state index >= 15 is 0 Å². The Labute approximate surface area is 130 Å². The second-order valence-corrected chi connectivity index (χ2v) is 6.11. The molecule has 1 aliphatic rings. The first-order chi connectivity index (χ1) is 10.7. The molecule has 1 heterocycles. The van der Waals surface area contributed by atoms with Crippen molar-refractivity contribution in [1.29, 1.82) is 0 Å². The van der Waals surface area contributed by atoms with E-state index in [1.165, 1.54) is 21.9 Å². The molecule has 0 bridgehead atoms. The van der Waals surface area contributed by atoms with Gasteiger partial charge in [-0.1, -0.05) is 24.3 Å². The number of hydrogen-bond donors (Lipinski definition) is 2. The highest BCUT2D eigenvalue weighted by molar-refractivity contribution is 5.15. The average molecular weight is 304 g/mol. The third kappa shape index (κ3) is 4.12. The van der Waals surface area contributed by atoms with Crippen LogP contribution in [0.1, 0.15) is 11.1 Å². The van der Waals surface area contributed by atoms with Crippen LogP contribution in [0.25, 0.3) is 0 Å². The maximum atomic E-state index is 13.2. The van der Waals surface area contributed by atoms with Gasteiger partial charge in [0.25, 0.3) is 0 Å². The van der Waals surface area contributed by atoms with Crippen LogP contribution in [-0.2, 0) is 13.1 Å². The van der Waals surface area contributed by atoms with E-state index < -0.39 is 0 Å². The van der Waals surface area contributed by atoms with Crippen LogP contribution < -0.4 is 9.80 Å². The van der Waals surface area contributed by atoms with Gasteiger partial charge in [0.15, 0.2) is 0 Å². The fourth-order valence-corrected chi connectivity index (χ4v) is 3.18. The van der Waals surface area contributed by atoms with E-state index in [0.29, 0.717) is 0 Å². The molecule has 3 rings (SSSR count). The largest absolute Gasteiger partial charge is 0.322 e. The van der Waals surface area contributed by atoms with Gasteiger partial charge in [-0.05, 0) is 24.3 Å². The Kier molecular flexibility index (Phi) is 4.80. The molecule has 4 heteroatoms. The molecule has 2 aromatic carbocycles. The molecule has 0 unspecified atom stereocenters. The van der Waals surface area contributed by atoms with E-state index in [1.807, 2.05) is 12.1 Å². The molecule has 116 valence electrons. The van der Waals surface area contributed by atoms with E-state index in [9.17, 15) is 8.78 Å². The molecule has 2 N–H and O–H groups in total. The number of quaternary nitrogens is 2. The minimum Gasteiger partial charge on any atom is -0.322 e. The van der Waals surface area contributed by atoms with Gasteiger partial charge in [-0.2, -0.15) is 0 Å². The highest BCUT2D eigenvalue weighted by Gasteiger charge is 2.23. The average Bonchev–Trinajstić information content (AvgIpc) is 2.49. The molecule has 0 atom stereocenters. The summed E-state index contributed by atoms with van der Waals surface area (Å²) in [7, 11) is 0. The van der Waals surface area contributed by atoms with Gasteiger partial charge in [0.2, 0.25) is 0 Å². The van der Waals surface area contributed by atoms with E-state index in [1.54, 1.807) is 24.3 Å². The molecule has 1 aliphatic heterocycles. The van der Waals surface area contributed by atoms with Crippen LogP contribution in [0.5, 0.6) is 0 Å². The Balaban J connectivity index is 1.50. The molecule has 0 aromatic heterocycles. The van der Waals surface area contributed by atoms with Crippen molar-refractivity contribution in [1.82, 2.24) is 0 Å². The summed E-state index contributed by atoms with van der Waals surface area (Å²) < 4.78 is 26.4. The maximum absolute atomic E-state index is 13.2. The van der Waals surface area contributed by atoms with Crippen LogP contribution in [0.2, 0.25) is 0 Å². The molecular weight excluding hydrogens is 282 g/mol. The molecule has 22 heavy (non-hydrogen) atoms. The van der Waals surface area contributed by atoms with Crippen molar-refractivity contribution in [2.24, 2.45) is 0 Å². The predicted molar refractivity (Wildman–Crippen MR) is 81.6 cm³/mol. The minimum atomic E-state index is -0.160. The van der Waals surface area contributed by atoms with Gasteiger partial charge in [0.05, 0.1) is 0 Å². The van der Waals surface area contributed by atoms with Crippen LogP contribution in [-0.4, -0.2) is 26.2 Å². The molecule has 1 fully saturated rings. The lowest BCUT2D eigenvalue weighted by Gasteiger charge is -2.29. The quantitative estimate of drug-likeness (QED) is 0.812. The Hall–Kier alpha value is -1.78. The van der Waals surface area contributed by atoms with Gasteiger partial charge < -0.3 is 9.80 Å². The lowest BCUT2D eigenvalue weighted by molar-refractivity contribution is -1.02. The SMILES string of the molecule is Fc1cccc(C[NH+]2CC[NH+](Cc3cccc(F)c3)CC2)c1. The number of rotatable bonds is 4. The monoisotopic (exact) mass is 304 g/mol. The summed E-state index contributed by atoms with van der Waals surface area (Å²) in [6, 6.07) is 13.7. The summed E-state index contributed by atoms with van der Waals surface area (Å²) in [5.41, 5.74) is 2.12. The lowest BCUT2D eigenvalue weighted by atomic mass is 10.1. The van der Waals surface area contributed by atoms with Crippen LogP contribution in [0.15, 0.2) is 48.5 Å². The van der Waals surface area contributed by atoms with Crippen LogP contribution in [0.3, 0.4) is 0 Å². The lowest BCUT2D eigenvalue weighted by Crippen LogP contribution is -3.27. The Bertz CT molecular complexity index is 566. The normalized spacial score (nSPS) is 21.7. The van der Waals surface area contributed by atoms with Crippen LogP contribution in [0, 0.1) is 11.6 Å². The van der Waals surface area contributed by atoms with E-state index in [4.69, 9.17) is 0 Å². The van der Waals surface area contributed by atoms with Crippen molar-refractivity contribution in [3.8, 4) is 0 Å². The Morgan fingerprint density at radius 1 is 0.682 bits per heavy atom. The minimum absolute atomic E-state index is 0.160. The zero-order valence-electron chi connectivity index (χ0n) is 12.6.